The molecule has 3 rings (SSSR count). The summed E-state index contributed by atoms with van der Waals surface area (Å²) in [5.41, 5.74) is 1.41. The second kappa shape index (κ2) is 11.6. The van der Waals surface area contributed by atoms with Gasteiger partial charge in [-0.15, -0.1) is 34.2 Å². The van der Waals surface area contributed by atoms with Gasteiger partial charge in [0.2, 0.25) is 0 Å². The van der Waals surface area contributed by atoms with Crippen LogP contribution in [-0.2, 0) is 6.54 Å². The van der Waals surface area contributed by atoms with Crippen molar-refractivity contribution in [3.05, 3.63) is 54.0 Å². The largest absolute Gasteiger partial charge is 0.497 e. The lowest BCUT2D eigenvalue weighted by molar-refractivity contribution is 0.176. The number of aliphatic hydroxyl groups excluding tert-OH is 1. The van der Waals surface area contributed by atoms with Gasteiger partial charge in [-0.3, -0.25) is 4.40 Å². The molecule has 3 aromatic rings. The summed E-state index contributed by atoms with van der Waals surface area (Å²) < 4.78 is 12.5. The molecule has 0 radical (unpaired) electrons. The normalized spacial score (nSPS) is 12.2. The average Bonchev–Trinajstić information content (AvgIpc) is 3.18. The van der Waals surface area contributed by atoms with Crippen LogP contribution in [0.1, 0.15) is 24.4 Å². The topological polar surface area (TPSA) is 105 Å². The van der Waals surface area contributed by atoms with Crippen LogP contribution in [0.4, 0.5) is 0 Å². The molecule has 1 unspecified atom stereocenters. The first-order valence-electron chi connectivity index (χ1n) is 9.37. The number of halogens is 1. The van der Waals surface area contributed by atoms with Crippen molar-refractivity contribution in [1.82, 2.24) is 25.2 Å². The molecule has 0 fully saturated rings. The summed E-state index contributed by atoms with van der Waals surface area (Å²) in [6, 6.07) is 11.0. The maximum atomic E-state index is 10.7. The highest BCUT2D eigenvalue weighted by Gasteiger charge is 2.15. The van der Waals surface area contributed by atoms with Crippen molar-refractivity contribution in [3.8, 4) is 11.5 Å². The average molecular weight is 526 g/mol. The quantitative estimate of drug-likeness (QED) is 0.235. The van der Waals surface area contributed by atoms with Crippen LogP contribution in [0.25, 0.3) is 5.65 Å². The third-order valence-corrected chi connectivity index (χ3v) is 4.37. The Balaban J connectivity index is 0.00000320. The van der Waals surface area contributed by atoms with Gasteiger partial charge >= 0.3 is 0 Å². The van der Waals surface area contributed by atoms with Crippen molar-refractivity contribution in [3.63, 3.8) is 0 Å². The fraction of sp³-hybridized carbons (Fsp3) is 0.350. The number of pyridine rings is 1. The van der Waals surface area contributed by atoms with E-state index in [1.165, 1.54) is 0 Å². The maximum Gasteiger partial charge on any atom is 0.191 e. The predicted molar refractivity (Wildman–Crippen MR) is 126 cm³/mol. The molecule has 0 saturated carbocycles. The summed E-state index contributed by atoms with van der Waals surface area (Å²) in [6.45, 7) is 3.26. The first-order valence-corrected chi connectivity index (χ1v) is 9.37. The number of ether oxygens (including phenoxy) is 2. The van der Waals surface area contributed by atoms with E-state index in [2.05, 4.69) is 25.8 Å². The molecule has 0 bridgehead atoms. The molecule has 162 valence electrons. The zero-order chi connectivity index (χ0) is 20.6. The Morgan fingerprint density at radius 2 is 2.00 bits per heavy atom. The molecule has 2 heterocycles. The number of hydrogen-bond donors (Lipinski definition) is 3. The van der Waals surface area contributed by atoms with E-state index in [1.54, 1.807) is 32.4 Å². The van der Waals surface area contributed by atoms with Gasteiger partial charge in [0, 0.05) is 24.8 Å². The number of aliphatic imine (C=N–C) groups is 1. The summed E-state index contributed by atoms with van der Waals surface area (Å²) in [6.07, 6.45) is 1.09. The highest BCUT2D eigenvalue weighted by molar-refractivity contribution is 14.0. The minimum absolute atomic E-state index is 0. The molecular formula is C20H27IN6O3. The van der Waals surface area contributed by atoms with E-state index in [1.807, 2.05) is 35.7 Å². The van der Waals surface area contributed by atoms with Crippen LogP contribution in [0.15, 0.2) is 47.6 Å². The van der Waals surface area contributed by atoms with Crippen molar-refractivity contribution < 1.29 is 14.6 Å². The lowest BCUT2D eigenvalue weighted by Crippen LogP contribution is -2.39. The Labute approximate surface area is 192 Å². The van der Waals surface area contributed by atoms with Crippen LogP contribution in [0.5, 0.6) is 11.5 Å². The van der Waals surface area contributed by atoms with Crippen molar-refractivity contribution >= 4 is 35.6 Å². The molecule has 0 amide bonds. The van der Waals surface area contributed by atoms with E-state index in [-0.39, 0.29) is 30.5 Å². The number of nitrogens with one attached hydrogen (secondary N) is 2. The predicted octanol–water partition coefficient (Wildman–Crippen LogP) is 2.15. The van der Waals surface area contributed by atoms with E-state index in [0.717, 1.165) is 11.5 Å². The first kappa shape index (κ1) is 23.7. The van der Waals surface area contributed by atoms with E-state index in [9.17, 15) is 5.11 Å². The number of aromatic nitrogens is 3. The van der Waals surface area contributed by atoms with Gasteiger partial charge in [-0.05, 0) is 37.3 Å². The lowest BCUT2D eigenvalue weighted by atomic mass is 10.1. The fourth-order valence-corrected chi connectivity index (χ4v) is 2.89. The number of fused-ring (bicyclic) bond motifs is 1. The highest BCUT2D eigenvalue weighted by Crippen LogP contribution is 2.29. The number of guanidine groups is 1. The number of benzene rings is 1. The third-order valence-electron chi connectivity index (χ3n) is 4.37. The molecule has 0 aliphatic carbocycles. The van der Waals surface area contributed by atoms with Gasteiger partial charge in [-0.25, -0.2) is 4.99 Å². The molecule has 0 saturated heterocycles. The van der Waals surface area contributed by atoms with Crippen LogP contribution < -0.4 is 20.1 Å². The van der Waals surface area contributed by atoms with Crippen LogP contribution in [0.2, 0.25) is 0 Å². The zero-order valence-corrected chi connectivity index (χ0v) is 19.5. The van der Waals surface area contributed by atoms with Gasteiger partial charge in [-0.1, -0.05) is 6.07 Å². The van der Waals surface area contributed by atoms with Gasteiger partial charge in [0.1, 0.15) is 18.0 Å². The number of methoxy groups -OCH3 is 2. The smallest absolute Gasteiger partial charge is 0.191 e. The van der Waals surface area contributed by atoms with Crippen molar-refractivity contribution in [1.29, 1.82) is 0 Å². The first-order chi connectivity index (χ1) is 14.2. The third kappa shape index (κ3) is 5.72. The summed E-state index contributed by atoms with van der Waals surface area (Å²) in [4.78, 5) is 4.55. The molecule has 9 nitrogen and oxygen atoms in total. The molecule has 10 heteroatoms. The summed E-state index contributed by atoms with van der Waals surface area (Å²) in [5, 5.41) is 25.3. The molecule has 0 spiro atoms. The second-order valence-corrected chi connectivity index (χ2v) is 6.24. The number of hydrogen-bond acceptors (Lipinski definition) is 6. The Hall–Kier alpha value is -2.60. The molecule has 1 aromatic carbocycles. The maximum absolute atomic E-state index is 10.7. The minimum atomic E-state index is -0.808. The van der Waals surface area contributed by atoms with E-state index < -0.39 is 6.10 Å². The Kier molecular flexibility index (Phi) is 9.12. The fourth-order valence-electron chi connectivity index (χ4n) is 2.89. The highest BCUT2D eigenvalue weighted by atomic mass is 127. The minimum Gasteiger partial charge on any atom is -0.497 e. The molecule has 2 aromatic heterocycles. The number of rotatable bonds is 8. The van der Waals surface area contributed by atoms with Crippen LogP contribution in [0.3, 0.4) is 0 Å². The molecule has 1 atom stereocenters. The standard InChI is InChI=1S/C20H26N6O3.HI/c1-4-21-20(23-13-19-25-24-18-7-5-6-10-26(18)19)22-12-16(27)15-11-14(28-2)8-9-17(15)29-3;/h5-11,16,27H,4,12-13H2,1-3H3,(H2,21,22,23);1H. The van der Waals surface area contributed by atoms with Crippen LogP contribution >= 0.6 is 24.0 Å². The molecule has 3 N–H and O–H groups in total. The second-order valence-electron chi connectivity index (χ2n) is 6.24. The van der Waals surface area contributed by atoms with Gasteiger partial charge in [0.05, 0.1) is 20.3 Å². The Bertz CT molecular complexity index is 978. The summed E-state index contributed by atoms with van der Waals surface area (Å²) in [5.74, 6) is 2.55. The number of aliphatic hydroxyl groups is 1. The van der Waals surface area contributed by atoms with Crippen molar-refractivity contribution in [2.75, 3.05) is 27.3 Å². The van der Waals surface area contributed by atoms with E-state index >= 15 is 0 Å². The molecular weight excluding hydrogens is 499 g/mol. The molecule has 30 heavy (non-hydrogen) atoms. The van der Waals surface area contributed by atoms with Crippen LogP contribution in [-0.4, -0.2) is 53.0 Å². The zero-order valence-electron chi connectivity index (χ0n) is 17.2. The van der Waals surface area contributed by atoms with E-state index in [0.29, 0.717) is 36.1 Å². The lowest BCUT2D eigenvalue weighted by Gasteiger charge is -2.18. The summed E-state index contributed by atoms with van der Waals surface area (Å²) in [7, 11) is 3.15. The number of nitrogens with zero attached hydrogens (tertiary/aromatic N) is 4. The summed E-state index contributed by atoms with van der Waals surface area (Å²) >= 11 is 0. The molecule has 0 aliphatic rings. The van der Waals surface area contributed by atoms with Crippen molar-refractivity contribution in [2.24, 2.45) is 4.99 Å². The Morgan fingerprint density at radius 3 is 2.73 bits per heavy atom. The van der Waals surface area contributed by atoms with Gasteiger partial charge in [0.25, 0.3) is 0 Å². The van der Waals surface area contributed by atoms with Gasteiger partial charge in [-0.2, -0.15) is 0 Å². The van der Waals surface area contributed by atoms with E-state index in [4.69, 9.17) is 9.47 Å². The van der Waals surface area contributed by atoms with Crippen molar-refractivity contribution in [2.45, 2.75) is 19.6 Å². The van der Waals surface area contributed by atoms with Gasteiger partial charge in [0.15, 0.2) is 17.4 Å². The molecule has 0 aliphatic heterocycles. The monoisotopic (exact) mass is 526 g/mol. The SMILES string of the molecule is CCNC(=NCc1nnc2ccccn12)NCC(O)c1cc(OC)ccc1OC.I. The Morgan fingerprint density at radius 1 is 1.17 bits per heavy atom. The van der Waals surface area contributed by atoms with Gasteiger partial charge < -0.3 is 25.2 Å². The van der Waals surface area contributed by atoms with Crippen LogP contribution in [0, 0.1) is 0 Å².